The Kier molecular flexibility index (Phi) is 6.00. The zero-order valence-corrected chi connectivity index (χ0v) is 18.4. The van der Waals surface area contributed by atoms with Gasteiger partial charge in [0.25, 0.3) is 0 Å². The Morgan fingerprint density at radius 1 is 1.21 bits per heavy atom. The summed E-state index contributed by atoms with van der Waals surface area (Å²) in [5.74, 6) is -0.177. The first-order valence-corrected chi connectivity index (χ1v) is 10.5. The first kappa shape index (κ1) is 23.0. The molecule has 3 heterocycles. The molecule has 1 aromatic carbocycles. The van der Waals surface area contributed by atoms with Gasteiger partial charge >= 0.3 is 6.18 Å². The normalized spacial score (nSPS) is 16.3. The van der Waals surface area contributed by atoms with Crippen LogP contribution >= 0.6 is 11.6 Å². The van der Waals surface area contributed by atoms with Crippen LogP contribution in [0.25, 0.3) is 17.3 Å². The van der Waals surface area contributed by atoms with Crippen molar-refractivity contribution in [1.29, 1.82) is 0 Å². The number of benzene rings is 1. The highest BCUT2D eigenvalue weighted by Gasteiger charge is 2.39. The number of likely N-dealkylation sites (N-methyl/N-ethyl adjacent to an activating group) is 1. The van der Waals surface area contributed by atoms with Gasteiger partial charge in [0.05, 0.1) is 17.6 Å². The molecule has 4 rings (SSSR count). The van der Waals surface area contributed by atoms with Crippen molar-refractivity contribution >= 4 is 29.0 Å². The van der Waals surface area contributed by atoms with Gasteiger partial charge in [0, 0.05) is 31.5 Å². The molecule has 12 heteroatoms. The van der Waals surface area contributed by atoms with Crippen molar-refractivity contribution in [2.24, 2.45) is 0 Å². The Morgan fingerprint density at radius 3 is 2.64 bits per heavy atom. The first-order chi connectivity index (χ1) is 15.6. The molecule has 2 aromatic heterocycles. The minimum atomic E-state index is -4.39. The van der Waals surface area contributed by atoms with Crippen molar-refractivity contribution in [1.82, 2.24) is 19.5 Å². The average molecular weight is 483 g/mol. The molecule has 0 unspecified atom stereocenters. The second-order valence-electron chi connectivity index (χ2n) is 7.50. The lowest BCUT2D eigenvalue weighted by Crippen LogP contribution is -2.53. The first-order valence-electron chi connectivity index (χ1n) is 10.1. The minimum absolute atomic E-state index is 0.122. The van der Waals surface area contributed by atoms with E-state index in [9.17, 15) is 22.4 Å². The van der Waals surface area contributed by atoms with E-state index >= 15 is 0 Å². The van der Waals surface area contributed by atoms with Crippen molar-refractivity contribution < 1.29 is 22.4 Å². The molecule has 0 saturated heterocycles. The maximum absolute atomic E-state index is 13.5. The fraction of sp³-hybridized carbons (Fsp3) is 0.333. The number of halogens is 5. The number of hydrogen-bond donors (Lipinski definition) is 0. The number of rotatable bonds is 5. The van der Waals surface area contributed by atoms with E-state index in [1.54, 1.807) is 13.1 Å². The Bertz CT molecular complexity index is 1200. The molecule has 1 aliphatic rings. The van der Waals surface area contributed by atoms with Gasteiger partial charge in [-0.15, -0.1) is 0 Å². The predicted octanol–water partition coefficient (Wildman–Crippen LogP) is 4.64. The predicted molar refractivity (Wildman–Crippen MR) is 115 cm³/mol. The summed E-state index contributed by atoms with van der Waals surface area (Å²) in [7, 11) is 1.54. The van der Waals surface area contributed by atoms with E-state index in [0.717, 1.165) is 6.07 Å². The van der Waals surface area contributed by atoms with Crippen LogP contribution in [0.2, 0.25) is 5.02 Å². The van der Waals surface area contributed by atoms with Gasteiger partial charge in [-0.3, -0.25) is 9.36 Å². The Morgan fingerprint density at radius 2 is 1.97 bits per heavy atom. The Labute approximate surface area is 191 Å². The molecule has 33 heavy (non-hydrogen) atoms. The van der Waals surface area contributed by atoms with Gasteiger partial charge < -0.3 is 9.80 Å². The summed E-state index contributed by atoms with van der Waals surface area (Å²) in [6, 6.07) is 3.06. The van der Waals surface area contributed by atoms with Gasteiger partial charge in [0.1, 0.15) is 23.4 Å². The molecule has 0 aliphatic carbocycles. The number of anilines is 2. The van der Waals surface area contributed by atoms with Crippen LogP contribution in [-0.4, -0.2) is 51.2 Å². The zero-order chi connectivity index (χ0) is 23.9. The van der Waals surface area contributed by atoms with E-state index in [0.29, 0.717) is 23.5 Å². The third-order valence-corrected chi connectivity index (χ3v) is 5.73. The maximum Gasteiger partial charge on any atom is 0.390 e. The van der Waals surface area contributed by atoms with Crippen LogP contribution in [0.3, 0.4) is 0 Å². The lowest BCUT2D eigenvalue weighted by atomic mass is 10.1. The average Bonchev–Trinajstić information content (AvgIpc) is 3.23. The van der Waals surface area contributed by atoms with E-state index in [4.69, 9.17) is 11.6 Å². The number of nitrogens with zero attached hydrogens (tertiary/aromatic N) is 6. The topological polar surface area (TPSA) is 67.2 Å². The molecule has 0 fully saturated rings. The van der Waals surface area contributed by atoms with Gasteiger partial charge in [-0.25, -0.2) is 14.4 Å². The molecule has 174 valence electrons. The number of amides is 1. The van der Waals surface area contributed by atoms with Gasteiger partial charge in [-0.05, 0) is 24.6 Å². The molecule has 0 N–H and O–H groups in total. The van der Waals surface area contributed by atoms with Crippen LogP contribution in [0.15, 0.2) is 36.8 Å². The largest absolute Gasteiger partial charge is 0.390 e. The van der Waals surface area contributed by atoms with Crippen molar-refractivity contribution in [2.75, 3.05) is 23.4 Å². The molecule has 1 atom stereocenters. The second kappa shape index (κ2) is 8.62. The summed E-state index contributed by atoms with van der Waals surface area (Å²) in [4.78, 5) is 28.6. The van der Waals surface area contributed by atoms with Crippen LogP contribution in [0.4, 0.5) is 29.1 Å². The number of fused-ring (bicyclic) bond motifs is 1. The van der Waals surface area contributed by atoms with Crippen LogP contribution in [-0.2, 0) is 4.79 Å². The second-order valence-corrected chi connectivity index (χ2v) is 7.91. The summed E-state index contributed by atoms with van der Waals surface area (Å²) < 4.78 is 54.0. The van der Waals surface area contributed by atoms with Crippen molar-refractivity contribution in [3.8, 4) is 17.3 Å². The molecule has 0 bridgehead atoms. The third kappa shape index (κ3) is 4.37. The number of imidazole rings is 1. The van der Waals surface area contributed by atoms with Crippen LogP contribution in [0, 0.1) is 5.82 Å². The summed E-state index contributed by atoms with van der Waals surface area (Å²) in [6.45, 7) is 1.31. The molecule has 0 radical (unpaired) electrons. The van der Waals surface area contributed by atoms with Gasteiger partial charge in [-0.2, -0.15) is 18.2 Å². The number of aromatic nitrogens is 4. The lowest BCUT2D eigenvalue weighted by Gasteiger charge is -2.40. The summed E-state index contributed by atoms with van der Waals surface area (Å²) >= 11 is 6.18. The lowest BCUT2D eigenvalue weighted by molar-refractivity contribution is -0.133. The fourth-order valence-electron chi connectivity index (χ4n) is 3.78. The zero-order valence-electron chi connectivity index (χ0n) is 17.6. The van der Waals surface area contributed by atoms with E-state index < -0.39 is 31.0 Å². The van der Waals surface area contributed by atoms with Crippen molar-refractivity contribution in [2.45, 2.75) is 32.0 Å². The van der Waals surface area contributed by atoms with E-state index in [-0.39, 0.29) is 22.7 Å². The minimum Gasteiger partial charge on any atom is -0.342 e. The number of alkyl halides is 3. The van der Waals surface area contributed by atoms with Crippen molar-refractivity contribution in [3.05, 3.63) is 47.6 Å². The molecule has 1 amide bonds. The van der Waals surface area contributed by atoms with Crippen molar-refractivity contribution in [3.63, 3.8) is 0 Å². The quantitative estimate of drug-likeness (QED) is 0.496. The van der Waals surface area contributed by atoms with Gasteiger partial charge in [-0.1, -0.05) is 18.5 Å². The van der Waals surface area contributed by atoms with E-state index in [2.05, 4.69) is 15.0 Å². The highest BCUT2D eigenvalue weighted by atomic mass is 35.5. The molecule has 7 nitrogen and oxygen atoms in total. The summed E-state index contributed by atoms with van der Waals surface area (Å²) in [5, 5.41) is 0.128. The Balaban J connectivity index is 1.81. The Hall–Kier alpha value is -3.21. The smallest absolute Gasteiger partial charge is 0.342 e. The number of hydrogen-bond acceptors (Lipinski definition) is 5. The number of carbonyl (C=O) groups excluding carboxylic acids is 1. The third-order valence-electron chi connectivity index (χ3n) is 5.41. The van der Waals surface area contributed by atoms with Crippen LogP contribution < -0.4 is 9.80 Å². The van der Waals surface area contributed by atoms with E-state index in [1.807, 2.05) is 0 Å². The molecule has 3 aromatic rings. The fourth-order valence-corrected chi connectivity index (χ4v) is 4.04. The van der Waals surface area contributed by atoms with E-state index in [1.165, 1.54) is 45.9 Å². The molecular formula is C21H19ClF4N6O. The standard InChI is InChI=1S/C21H19ClF4N6O/c1-3-15-19(33)30(2)16-11-28-20(29-18(16)31(15)8-6-21(24,25)26)32-9-7-27-17(32)13-5-4-12(23)10-14(13)22/h4-5,7,9-11,15H,3,6,8H2,1-2H3/t15-/m1/s1. The maximum atomic E-state index is 13.5. The molecule has 1 aliphatic heterocycles. The van der Waals surface area contributed by atoms with Gasteiger partial charge in [0.2, 0.25) is 11.9 Å². The SMILES string of the molecule is CC[C@@H]1C(=O)N(C)c2cnc(-n3ccnc3-c3ccc(F)cc3Cl)nc2N1CCC(F)(F)F. The monoisotopic (exact) mass is 482 g/mol. The van der Waals surface area contributed by atoms with Crippen LogP contribution in [0.1, 0.15) is 19.8 Å². The summed E-state index contributed by atoms with van der Waals surface area (Å²) in [5.41, 5.74) is 0.731. The highest BCUT2D eigenvalue weighted by molar-refractivity contribution is 6.33. The molecular weight excluding hydrogens is 464 g/mol. The molecule has 0 spiro atoms. The summed E-state index contributed by atoms with van der Waals surface area (Å²) in [6.07, 6.45) is -0.757. The highest BCUT2D eigenvalue weighted by Crippen LogP contribution is 2.36. The number of carbonyl (C=O) groups is 1. The van der Waals surface area contributed by atoms with Crippen LogP contribution in [0.5, 0.6) is 0 Å². The van der Waals surface area contributed by atoms with Gasteiger partial charge in [0.15, 0.2) is 5.82 Å². The molecule has 0 saturated carbocycles.